The Labute approximate surface area is 172 Å². The number of hydrogen-bond donors (Lipinski definition) is 1. The van der Waals surface area contributed by atoms with Crippen LogP contribution in [0.15, 0.2) is 42.3 Å². The van der Waals surface area contributed by atoms with E-state index >= 15 is 0 Å². The van der Waals surface area contributed by atoms with Gasteiger partial charge in [-0.05, 0) is 23.8 Å². The number of hydrogen-bond acceptors (Lipinski definition) is 7. The average Bonchev–Trinajstić information content (AvgIpc) is 3.42. The second-order valence-electron chi connectivity index (χ2n) is 7.02. The highest BCUT2D eigenvalue weighted by Gasteiger charge is 2.29. The summed E-state index contributed by atoms with van der Waals surface area (Å²) >= 11 is 1.61. The Morgan fingerprint density at radius 3 is 2.90 bits per heavy atom. The summed E-state index contributed by atoms with van der Waals surface area (Å²) in [5.74, 6) is 0.109. The van der Waals surface area contributed by atoms with Gasteiger partial charge in [-0.1, -0.05) is 6.07 Å². The van der Waals surface area contributed by atoms with Crippen LogP contribution >= 0.6 is 11.3 Å². The molecule has 1 aliphatic heterocycles. The Bertz CT molecular complexity index is 1080. The number of nitrogens with one attached hydrogen (secondary N) is 1. The lowest BCUT2D eigenvalue weighted by Crippen LogP contribution is -2.29. The summed E-state index contributed by atoms with van der Waals surface area (Å²) in [6, 6.07) is 4.01. The van der Waals surface area contributed by atoms with Gasteiger partial charge in [-0.25, -0.2) is 8.42 Å². The molecule has 1 amide bonds. The number of rotatable bonds is 7. The van der Waals surface area contributed by atoms with Crippen molar-refractivity contribution < 1.29 is 13.2 Å². The Balaban J connectivity index is 1.43. The maximum atomic E-state index is 12.2. The number of sulfone groups is 1. The van der Waals surface area contributed by atoms with Crippen LogP contribution in [0.25, 0.3) is 21.8 Å². The average molecular weight is 432 g/mol. The number of carbonyl (C=O) groups excluding carboxylic acids is 1. The van der Waals surface area contributed by atoms with Gasteiger partial charge in [0.1, 0.15) is 0 Å². The molecule has 1 fully saturated rings. The van der Waals surface area contributed by atoms with Gasteiger partial charge in [0.15, 0.2) is 9.84 Å². The zero-order chi connectivity index (χ0) is 20.3. The normalized spacial score (nSPS) is 18.0. The van der Waals surface area contributed by atoms with Crippen LogP contribution in [-0.2, 0) is 21.2 Å². The van der Waals surface area contributed by atoms with E-state index in [1.54, 1.807) is 36.1 Å². The summed E-state index contributed by atoms with van der Waals surface area (Å²) < 4.78 is 24.9. The van der Waals surface area contributed by atoms with Crippen molar-refractivity contribution in [2.75, 3.05) is 18.1 Å². The predicted molar refractivity (Wildman–Crippen MR) is 111 cm³/mol. The van der Waals surface area contributed by atoms with Crippen LogP contribution in [0.1, 0.15) is 12.8 Å². The Kier molecular flexibility index (Phi) is 5.72. The van der Waals surface area contributed by atoms with Gasteiger partial charge in [-0.2, -0.15) is 5.10 Å². The van der Waals surface area contributed by atoms with Crippen molar-refractivity contribution in [1.29, 1.82) is 0 Å². The molecule has 0 aromatic carbocycles. The fourth-order valence-electron chi connectivity index (χ4n) is 3.52. The number of aromatic nitrogens is 4. The molecule has 1 saturated heterocycles. The molecule has 0 unspecified atom stereocenters. The van der Waals surface area contributed by atoms with Crippen LogP contribution in [0.2, 0.25) is 0 Å². The molecule has 0 aliphatic carbocycles. The molecule has 0 bridgehead atoms. The third-order valence-electron chi connectivity index (χ3n) is 4.88. The fourth-order valence-corrected chi connectivity index (χ4v) is 6.17. The van der Waals surface area contributed by atoms with Crippen molar-refractivity contribution in [2.45, 2.75) is 19.4 Å². The van der Waals surface area contributed by atoms with Gasteiger partial charge in [0, 0.05) is 30.9 Å². The lowest BCUT2D eigenvalue weighted by Gasteiger charge is -2.11. The van der Waals surface area contributed by atoms with Gasteiger partial charge in [0.25, 0.3) is 0 Å². The number of amides is 1. The van der Waals surface area contributed by atoms with Crippen LogP contribution in [0.4, 0.5) is 0 Å². The largest absolute Gasteiger partial charge is 0.354 e. The van der Waals surface area contributed by atoms with Crippen molar-refractivity contribution in [3.05, 3.63) is 42.3 Å². The molecule has 1 aliphatic rings. The molecule has 152 valence electrons. The minimum Gasteiger partial charge on any atom is -0.354 e. The predicted octanol–water partition coefficient (Wildman–Crippen LogP) is 2.01. The SMILES string of the molecule is O=C(C[C@@H]1CCS(=O)(=O)C1)NCCn1ncc(-c2cnccn2)c1-c1cccs1. The minimum absolute atomic E-state index is 0.0744. The van der Waals surface area contributed by atoms with Gasteiger partial charge in [-0.15, -0.1) is 11.3 Å². The molecule has 3 aromatic heterocycles. The van der Waals surface area contributed by atoms with Crippen molar-refractivity contribution in [1.82, 2.24) is 25.1 Å². The summed E-state index contributed by atoms with van der Waals surface area (Å²) in [6.45, 7) is 0.917. The summed E-state index contributed by atoms with van der Waals surface area (Å²) in [5, 5.41) is 9.38. The van der Waals surface area contributed by atoms with E-state index in [9.17, 15) is 13.2 Å². The smallest absolute Gasteiger partial charge is 0.220 e. The van der Waals surface area contributed by atoms with E-state index in [0.717, 1.165) is 21.8 Å². The Hall–Kier alpha value is -2.59. The van der Waals surface area contributed by atoms with Gasteiger partial charge >= 0.3 is 0 Å². The second-order valence-corrected chi connectivity index (χ2v) is 10.2. The van der Waals surface area contributed by atoms with E-state index in [2.05, 4.69) is 20.4 Å². The molecule has 1 N–H and O–H groups in total. The topological polar surface area (TPSA) is 107 Å². The third kappa shape index (κ3) is 4.70. The number of nitrogens with zero attached hydrogens (tertiary/aromatic N) is 4. The van der Waals surface area contributed by atoms with E-state index in [1.807, 2.05) is 22.2 Å². The molecule has 0 saturated carbocycles. The Morgan fingerprint density at radius 1 is 1.31 bits per heavy atom. The molecule has 10 heteroatoms. The van der Waals surface area contributed by atoms with Gasteiger partial charge < -0.3 is 5.32 Å². The van der Waals surface area contributed by atoms with Gasteiger partial charge in [-0.3, -0.25) is 19.4 Å². The van der Waals surface area contributed by atoms with Crippen molar-refractivity contribution >= 4 is 27.1 Å². The first kappa shape index (κ1) is 19.7. The van der Waals surface area contributed by atoms with E-state index in [4.69, 9.17) is 0 Å². The molecule has 3 aromatic rings. The molecular formula is C19H21N5O3S2. The second kappa shape index (κ2) is 8.42. The molecule has 8 nitrogen and oxygen atoms in total. The third-order valence-corrected chi connectivity index (χ3v) is 7.59. The summed E-state index contributed by atoms with van der Waals surface area (Å²) in [4.78, 5) is 21.8. The quantitative estimate of drug-likeness (QED) is 0.613. The first-order chi connectivity index (χ1) is 14.0. The summed E-state index contributed by atoms with van der Waals surface area (Å²) in [7, 11) is -2.96. The monoisotopic (exact) mass is 431 g/mol. The highest BCUT2D eigenvalue weighted by Crippen LogP contribution is 2.33. The zero-order valence-electron chi connectivity index (χ0n) is 15.7. The van der Waals surface area contributed by atoms with E-state index < -0.39 is 9.84 Å². The Morgan fingerprint density at radius 2 is 2.21 bits per heavy atom. The van der Waals surface area contributed by atoms with Crippen LogP contribution < -0.4 is 5.32 Å². The lowest BCUT2D eigenvalue weighted by molar-refractivity contribution is -0.121. The van der Waals surface area contributed by atoms with Gasteiger partial charge in [0.2, 0.25) is 5.91 Å². The maximum absolute atomic E-state index is 12.2. The van der Waals surface area contributed by atoms with Crippen LogP contribution in [-0.4, -0.2) is 52.1 Å². The van der Waals surface area contributed by atoms with Crippen molar-refractivity contribution in [2.24, 2.45) is 5.92 Å². The van der Waals surface area contributed by atoms with Crippen molar-refractivity contribution in [3.8, 4) is 21.8 Å². The summed E-state index contributed by atoms with van der Waals surface area (Å²) in [6.07, 6.45) is 7.57. The van der Waals surface area contributed by atoms with Crippen LogP contribution in [0.3, 0.4) is 0 Å². The molecular weight excluding hydrogens is 410 g/mol. The van der Waals surface area contributed by atoms with Crippen molar-refractivity contribution in [3.63, 3.8) is 0 Å². The molecule has 0 radical (unpaired) electrons. The minimum atomic E-state index is -2.96. The lowest BCUT2D eigenvalue weighted by atomic mass is 10.1. The van der Waals surface area contributed by atoms with E-state index in [-0.39, 0.29) is 29.8 Å². The summed E-state index contributed by atoms with van der Waals surface area (Å²) in [5.41, 5.74) is 2.58. The van der Waals surface area contributed by atoms with E-state index in [1.165, 1.54) is 0 Å². The highest BCUT2D eigenvalue weighted by atomic mass is 32.2. The number of carbonyl (C=O) groups is 1. The van der Waals surface area contributed by atoms with Crippen LogP contribution in [0, 0.1) is 5.92 Å². The molecule has 0 spiro atoms. The standard InChI is InChI=1S/C19H21N5O3S2/c25-18(10-14-3-9-29(26,27)13-14)22-6-7-24-19(17-2-1-8-28-17)15(11-23-24)16-12-20-4-5-21-16/h1-2,4-5,8,11-12,14H,3,6-7,9-10,13H2,(H,22,25)/t14-/m0/s1. The maximum Gasteiger partial charge on any atom is 0.220 e. The highest BCUT2D eigenvalue weighted by molar-refractivity contribution is 7.91. The zero-order valence-corrected chi connectivity index (χ0v) is 17.3. The first-order valence-corrected chi connectivity index (χ1v) is 12.0. The number of thiophene rings is 1. The first-order valence-electron chi connectivity index (χ1n) is 9.35. The van der Waals surface area contributed by atoms with Crippen LogP contribution in [0.5, 0.6) is 0 Å². The van der Waals surface area contributed by atoms with E-state index in [0.29, 0.717) is 19.5 Å². The molecule has 4 rings (SSSR count). The molecule has 29 heavy (non-hydrogen) atoms. The fraction of sp³-hybridized carbons (Fsp3) is 0.368. The van der Waals surface area contributed by atoms with Gasteiger partial charge in [0.05, 0.1) is 46.7 Å². The molecule has 1 atom stereocenters. The molecule has 4 heterocycles.